The van der Waals surface area contributed by atoms with E-state index in [9.17, 15) is 24.9 Å². The van der Waals surface area contributed by atoms with Crippen LogP contribution in [0.5, 0.6) is 5.75 Å². The van der Waals surface area contributed by atoms with Gasteiger partial charge in [-0.15, -0.1) is 0 Å². The van der Waals surface area contributed by atoms with Crippen molar-refractivity contribution in [3.63, 3.8) is 0 Å². The highest BCUT2D eigenvalue weighted by Crippen LogP contribution is 2.23. The summed E-state index contributed by atoms with van der Waals surface area (Å²) in [5.74, 6) is -0.251. The van der Waals surface area contributed by atoms with Crippen molar-refractivity contribution in [3.05, 3.63) is 160 Å². The molecule has 8 heteroatoms. The average Bonchev–Trinajstić information content (AvgIpc) is 3.13. The van der Waals surface area contributed by atoms with E-state index in [0.29, 0.717) is 42.7 Å². The van der Waals surface area contributed by atoms with E-state index in [1.165, 1.54) is 6.07 Å². The number of amides is 2. The highest BCUT2D eigenvalue weighted by molar-refractivity contribution is 5.94. The molecule has 0 radical (unpaired) electrons. The van der Waals surface area contributed by atoms with Crippen molar-refractivity contribution in [2.75, 3.05) is 6.54 Å². The van der Waals surface area contributed by atoms with E-state index in [-0.39, 0.29) is 36.6 Å². The summed E-state index contributed by atoms with van der Waals surface area (Å²) in [7, 11) is 0. The molecule has 5 rings (SSSR count). The predicted octanol–water partition coefficient (Wildman–Crippen LogP) is 5.59. The molecule has 0 aliphatic heterocycles. The van der Waals surface area contributed by atoms with Crippen molar-refractivity contribution in [1.82, 2.24) is 16.0 Å². The van der Waals surface area contributed by atoms with Crippen LogP contribution >= 0.6 is 0 Å². The minimum absolute atomic E-state index is 0.00142. The van der Waals surface area contributed by atoms with Crippen molar-refractivity contribution >= 4 is 11.8 Å². The molecule has 6 N–H and O–H groups in total. The van der Waals surface area contributed by atoms with E-state index >= 15 is 0 Å². The first-order chi connectivity index (χ1) is 23.8. The molecule has 0 spiro atoms. The smallest absolute Gasteiger partial charge is 0.251 e. The van der Waals surface area contributed by atoms with Crippen LogP contribution in [-0.2, 0) is 37.3 Å². The maximum Gasteiger partial charge on any atom is 0.251 e. The zero-order valence-electron chi connectivity index (χ0n) is 27.6. The quantitative estimate of drug-likeness (QED) is 0.0870. The molecule has 0 saturated carbocycles. The van der Waals surface area contributed by atoms with Gasteiger partial charge in [0.05, 0.1) is 19.1 Å². The maximum absolute atomic E-state index is 12.8. The molecule has 0 bridgehead atoms. The molecule has 0 aromatic heterocycles. The minimum Gasteiger partial charge on any atom is -0.508 e. The molecule has 0 aliphatic carbocycles. The first-order valence-electron chi connectivity index (χ1n) is 16.5. The van der Waals surface area contributed by atoms with E-state index < -0.39 is 6.10 Å². The highest BCUT2D eigenvalue weighted by atomic mass is 16.3. The number of hydrogen-bond acceptors (Lipinski definition) is 6. The van der Waals surface area contributed by atoms with Gasteiger partial charge in [0.2, 0.25) is 5.91 Å². The summed E-state index contributed by atoms with van der Waals surface area (Å²) in [6, 6.07) is 38.2. The number of benzene rings is 5. The van der Waals surface area contributed by atoms with Crippen LogP contribution in [0.4, 0.5) is 0 Å². The number of nitrogens with one attached hydrogen (secondary N) is 3. The molecule has 0 fully saturated rings. The van der Waals surface area contributed by atoms with E-state index in [2.05, 4.69) is 40.2 Å². The van der Waals surface area contributed by atoms with Crippen LogP contribution in [0, 0.1) is 0 Å². The zero-order chi connectivity index (χ0) is 34.6. The predicted molar refractivity (Wildman–Crippen MR) is 192 cm³/mol. The number of hydrogen-bond donors (Lipinski definition) is 6. The second-order valence-electron chi connectivity index (χ2n) is 12.3. The van der Waals surface area contributed by atoms with Crippen molar-refractivity contribution in [2.45, 2.75) is 51.6 Å². The fraction of sp³-hybridized carbons (Fsp3) is 0.220. The standard InChI is InChI=1S/C41H43N3O5/c1-28(42-26-39(47)36-17-18-38(46)37(23-36)27-45)19-30-7-5-8-31(20-30)22-40(48)43-24-29-13-15-34(16-14-29)41(49)44-25-32-9-6-12-35(21-32)33-10-3-2-4-11-33/h2-18,20-21,23,28,39,42,45-47H,19,22,24-27H2,1H3,(H,43,48)(H,44,49)/t28?,39-/m0/s1. The monoisotopic (exact) mass is 657 g/mol. The third-order valence-electron chi connectivity index (χ3n) is 8.41. The Hall–Kier alpha value is -5.28. The topological polar surface area (TPSA) is 131 Å². The number of aliphatic hydroxyl groups is 2. The van der Waals surface area contributed by atoms with Crippen LogP contribution in [0.1, 0.15) is 56.8 Å². The molecule has 49 heavy (non-hydrogen) atoms. The van der Waals surface area contributed by atoms with Crippen LogP contribution in [0.3, 0.4) is 0 Å². The van der Waals surface area contributed by atoms with E-state index in [1.807, 2.05) is 73.7 Å². The molecule has 0 saturated heterocycles. The second-order valence-corrected chi connectivity index (χ2v) is 12.3. The summed E-state index contributed by atoms with van der Waals surface area (Å²) in [5, 5.41) is 39.0. The van der Waals surface area contributed by atoms with Gasteiger partial charge in [-0.2, -0.15) is 0 Å². The van der Waals surface area contributed by atoms with Crippen LogP contribution in [0.25, 0.3) is 11.1 Å². The van der Waals surface area contributed by atoms with Gasteiger partial charge in [0.25, 0.3) is 5.91 Å². The van der Waals surface area contributed by atoms with Crippen molar-refractivity contribution < 1.29 is 24.9 Å². The lowest BCUT2D eigenvalue weighted by molar-refractivity contribution is -0.120. The third kappa shape index (κ3) is 10.4. The molecule has 5 aromatic carbocycles. The van der Waals surface area contributed by atoms with Crippen LogP contribution < -0.4 is 16.0 Å². The fourth-order valence-corrected chi connectivity index (χ4v) is 5.66. The molecule has 0 heterocycles. The molecule has 1 unspecified atom stereocenters. The second kappa shape index (κ2) is 17.2. The lowest BCUT2D eigenvalue weighted by atomic mass is 10.0. The number of aromatic hydroxyl groups is 1. The van der Waals surface area contributed by atoms with E-state index in [0.717, 1.165) is 33.4 Å². The molecule has 0 aliphatic rings. The van der Waals surface area contributed by atoms with Crippen molar-refractivity contribution in [3.8, 4) is 16.9 Å². The van der Waals surface area contributed by atoms with Gasteiger partial charge in [0.15, 0.2) is 0 Å². The van der Waals surface area contributed by atoms with Gasteiger partial charge in [-0.3, -0.25) is 9.59 Å². The van der Waals surface area contributed by atoms with Gasteiger partial charge >= 0.3 is 0 Å². The normalized spacial score (nSPS) is 12.2. The van der Waals surface area contributed by atoms with Crippen LogP contribution in [0.15, 0.2) is 121 Å². The van der Waals surface area contributed by atoms with Gasteiger partial charge in [-0.05, 0) is 82.6 Å². The molecule has 8 nitrogen and oxygen atoms in total. The number of carbonyl (C=O) groups is 2. The largest absolute Gasteiger partial charge is 0.508 e. The molecule has 5 aromatic rings. The van der Waals surface area contributed by atoms with Crippen molar-refractivity contribution in [1.29, 1.82) is 0 Å². The maximum atomic E-state index is 12.8. The van der Waals surface area contributed by atoms with Gasteiger partial charge in [0.1, 0.15) is 5.75 Å². The lowest BCUT2D eigenvalue weighted by Gasteiger charge is -2.18. The summed E-state index contributed by atoms with van der Waals surface area (Å²) in [6.07, 6.45) is 0.166. The summed E-state index contributed by atoms with van der Waals surface area (Å²) < 4.78 is 0. The SMILES string of the molecule is CC(Cc1cccc(CC(=O)NCc2ccc(C(=O)NCc3cccc(-c4ccccc4)c3)cc2)c1)NC[C@H](O)c1ccc(O)c(CO)c1. The zero-order valence-corrected chi connectivity index (χ0v) is 27.6. The fourth-order valence-electron chi connectivity index (χ4n) is 5.66. The van der Waals surface area contributed by atoms with Gasteiger partial charge in [-0.1, -0.05) is 91.0 Å². The van der Waals surface area contributed by atoms with Gasteiger partial charge in [0, 0.05) is 36.8 Å². The molecular formula is C41H43N3O5. The van der Waals surface area contributed by atoms with Gasteiger partial charge in [-0.25, -0.2) is 0 Å². The number of phenols is 1. The molecule has 2 atom stereocenters. The number of rotatable bonds is 15. The Balaban J connectivity index is 1.04. The van der Waals surface area contributed by atoms with Crippen LogP contribution in [0.2, 0.25) is 0 Å². The Bertz CT molecular complexity index is 1840. The van der Waals surface area contributed by atoms with Crippen LogP contribution in [-0.4, -0.2) is 39.7 Å². The minimum atomic E-state index is -0.787. The third-order valence-corrected chi connectivity index (χ3v) is 8.41. The Morgan fingerprint density at radius 2 is 1.39 bits per heavy atom. The van der Waals surface area contributed by atoms with Crippen molar-refractivity contribution in [2.24, 2.45) is 0 Å². The Kier molecular flexibility index (Phi) is 12.3. The Labute approximate surface area is 287 Å². The lowest BCUT2D eigenvalue weighted by Crippen LogP contribution is -2.32. The number of aliphatic hydroxyl groups excluding tert-OH is 2. The summed E-state index contributed by atoms with van der Waals surface area (Å²) in [6.45, 7) is 2.82. The molecule has 2 amide bonds. The molecule has 252 valence electrons. The summed E-state index contributed by atoms with van der Waals surface area (Å²) in [4.78, 5) is 25.6. The summed E-state index contributed by atoms with van der Waals surface area (Å²) >= 11 is 0. The summed E-state index contributed by atoms with van der Waals surface area (Å²) in [5.41, 5.74) is 7.69. The first-order valence-corrected chi connectivity index (χ1v) is 16.5. The van der Waals surface area contributed by atoms with E-state index in [1.54, 1.807) is 24.3 Å². The number of carbonyl (C=O) groups excluding carboxylic acids is 2. The highest BCUT2D eigenvalue weighted by Gasteiger charge is 2.13. The molecular weight excluding hydrogens is 614 g/mol. The Morgan fingerprint density at radius 3 is 2.16 bits per heavy atom. The Morgan fingerprint density at radius 1 is 0.694 bits per heavy atom. The van der Waals surface area contributed by atoms with Gasteiger partial charge < -0.3 is 31.3 Å². The van der Waals surface area contributed by atoms with E-state index in [4.69, 9.17) is 0 Å². The average molecular weight is 658 g/mol. The first kappa shape index (κ1) is 35.0.